The highest BCUT2D eigenvalue weighted by Crippen LogP contribution is 2.25. The highest BCUT2D eigenvalue weighted by Gasteiger charge is 2.23. The SMILES string of the molecule is C(CSCC1CO1)SCCSCC(CSCC1CO1)SCCSCCSCC1CO1. The van der Waals surface area contributed by atoms with Gasteiger partial charge in [-0.25, -0.2) is 0 Å². The normalized spacial score (nSPS) is 25.4. The Morgan fingerprint density at radius 2 is 0.900 bits per heavy atom. The fourth-order valence-electron chi connectivity index (χ4n) is 2.44. The molecule has 10 heteroatoms. The van der Waals surface area contributed by atoms with Gasteiger partial charge in [0.05, 0.1) is 38.1 Å². The monoisotopic (exact) mass is 548 g/mol. The zero-order chi connectivity index (χ0) is 20.7. The minimum absolute atomic E-state index is 0.558. The molecule has 3 nitrogen and oxygen atoms in total. The minimum atomic E-state index is 0.558. The molecule has 3 rings (SSSR count). The van der Waals surface area contributed by atoms with Crippen LogP contribution in [0.2, 0.25) is 0 Å². The zero-order valence-corrected chi connectivity index (χ0v) is 23.4. The number of hydrogen-bond donors (Lipinski definition) is 0. The summed E-state index contributed by atoms with van der Waals surface area (Å²) in [6, 6.07) is 0. The Bertz CT molecular complexity index is 423. The Morgan fingerprint density at radius 3 is 1.43 bits per heavy atom. The van der Waals surface area contributed by atoms with Gasteiger partial charge in [-0.15, -0.1) is 0 Å². The van der Waals surface area contributed by atoms with Crippen molar-refractivity contribution in [1.29, 1.82) is 0 Å². The molecule has 0 aromatic carbocycles. The van der Waals surface area contributed by atoms with Gasteiger partial charge in [0.2, 0.25) is 0 Å². The standard InChI is InChI=1S/C20H36O3S7/c1(4-26-12-17-9-21-17)24-3-6-28-15-20(16-29-14-19-11-23-19)30-8-7-25-2-5-27-13-18-10-22-18/h17-20H,1-16H2. The van der Waals surface area contributed by atoms with Crippen molar-refractivity contribution in [3.8, 4) is 0 Å². The van der Waals surface area contributed by atoms with Gasteiger partial charge in [-0.2, -0.15) is 82.3 Å². The van der Waals surface area contributed by atoms with E-state index in [1.54, 1.807) is 0 Å². The highest BCUT2D eigenvalue weighted by atomic mass is 32.2. The van der Waals surface area contributed by atoms with Crippen LogP contribution in [-0.4, -0.2) is 118 Å². The lowest BCUT2D eigenvalue weighted by molar-refractivity contribution is 0.426. The Hall–Kier alpha value is 2.33. The molecule has 0 bridgehead atoms. The topological polar surface area (TPSA) is 37.6 Å². The van der Waals surface area contributed by atoms with E-state index in [9.17, 15) is 0 Å². The van der Waals surface area contributed by atoms with Crippen LogP contribution in [0.4, 0.5) is 0 Å². The molecule has 4 unspecified atom stereocenters. The maximum atomic E-state index is 5.37. The van der Waals surface area contributed by atoms with Crippen molar-refractivity contribution < 1.29 is 14.2 Å². The average molecular weight is 549 g/mol. The molecule has 3 saturated heterocycles. The highest BCUT2D eigenvalue weighted by molar-refractivity contribution is 8.07. The lowest BCUT2D eigenvalue weighted by Gasteiger charge is -2.16. The average Bonchev–Trinajstić information content (AvgIpc) is 3.60. The van der Waals surface area contributed by atoms with E-state index < -0.39 is 0 Å². The summed E-state index contributed by atoms with van der Waals surface area (Å²) in [5.74, 6) is 16.5. The summed E-state index contributed by atoms with van der Waals surface area (Å²) in [6.45, 7) is 2.98. The summed E-state index contributed by atoms with van der Waals surface area (Å²) in [7, 11) is 0. The number of thioether (sulfide) groups is 7. The van der Waals surface area contributed by atoms with Crippen LogP contribution in [0.1, 0.15) is 0 Å². The third-order valence-corrected chi connectivity index (χ3v) is 13.7. The molecule has 176 valence electrons. The van der Waals surface area contributed by atoms with Crippen molar-refractivity contribution in [3.05, 3.63) is 0 Å². The van der Waals surface area contributed by atoms with Crippen LogP contribution in [0.25, 0.3) is 0 Å². The second kappa shape index (κ2) is 17.7. The molecule has 3 aliphatic rings. The molecule has 0 aromatic heterocycles. The van der Waals surface area contributed by atoms with E-state index in [-0.39, 0.29) is 0 Å². The minimum Gasteiger partial charge on any atom is -0.372 e. The van der Waals surface area contributed by atoms with E-state index in [2.05, 4.69) is 82.3 Å². The van der Waals surface area contributed by atoms with Crippen molar-refractivity contribution in [3.63, 3.8) is 0 Å². The first-order chi connectivity index (χ1) is 14.9. The Labute approximate surface area is 213 Å². The molecule has 0 aromatic rings. The molecule has 0 spiro atoms. The van der Waals surface area contributed by atoms with Crippen molar-refractivity contribution in [1.82, 2.24) is 0 Å². The van der Waals surface area contributed by atoms with Crippen molar-refractivity contribution >= 4 is 82.3 Å². The molecular formula is C20H36O3S7. The summed E-state index contributed by atoms with van der Waals surface area (Å²) in [4.78, 5) is 0. The van der Waals surface area contributed by atoms with Gasteiger partial charge in [0, 0.05) is 80.0 Å². The number of epoxide rings is 3. The van der Waals surface area contributed by atoms with Gasteiger partial charge in [0.15, 0.2) is 0 Å². The number of hydrogen-bond acceptors (Lipinski definition) is 10. The van der Waals surface area contributed by atoms with Gasteiger partial charge < -0.3 is 14.2 Å². The largest absolute Gasteiger partial charge is 0.372 e. The van der Waals surface area contributed by atoms with Crippen LogP contribution in [0.3, 0.4) is 0 Å². The summed E-state index contributed by atoms with van der Waals surface area (Å²) in [5.41, 5.74) is 0. The van der Waals surface area contributed by atoms with Crippen molar-refractivity contribution in [2.24, 2.45) is 0 Å². The van der Waals surface area contributed by atoms with Crippen LogP contribution >= 0.6 is 82.3 Å². The lowest BCUT2D eigenvalue weighted by Crippen LogP contribution is -2.13. The zero-order valence-electron chi connectivity index (χ0n) is 17.7. The first-order valence-corrected chi connectivity index (χ1v) is 18.8. The molecule has 0 radical (unpaired) electrons. The summed E-state index contributed by atoms with van der Waals surface area (Å²) in [5, 5.41) is 0.792. The third kappa shape index (κ3) is 16.0. The Morgan fingerprint density at radius 1 is 0.500 bits per heavy atom. The second-order valence-corrected chi connectivity index (χ2v) is 15.7. The molecule has 3 aliphatic heterocycles. The third-order valence-electron chi connectivity index (χ3n) is 4.42. The second-order valence-electron chi connectivity index (χ2n) is 7.35. The predicted octanol–water partition coefficient (Wildman–Crippen LogP) is 4.68. The fraction of sp³-hybridized carbons (Fsp3) is 1.00. The van der Waals surface area contributed by atoms with Gasteiger partial charge in [0.25, 0.3) is 0 Å². The number of ether oxygens (including phenoxy) is 3. The van der Waals surface area contributed by atoms with E-state index in [1.165, 1.54) is 74.8 Å². The van der Waals surface area contributed by atoms with Crippen LogP contribution in [0.5, 0.6) is 0 Å². The fourth-order valence-corrected chi connectivity index (χ4v) is 11.1. The van der Waals surface area contributed by atoms with Crippen LogP contribution < -0.4 is 0 Å². The van der Waals surface area contributed by atoms with Gasteiger partial charge in [0.1, 0.15) is 0 Å². The summed E-state index contributed by atoms with van der Waals surface area (Å²) >= 11 is 14.8. The van der Waals surface area contributed by atoms with Gasteiger partial charge >= 0.3 is 0 Å². The quantitative estimate of drug-likeness (QED) is 0.133. The summed E-state index contributed by atoms with van der Waals surface area (Å²) < 4.78 is 15.9. The molecule has 0 aliphatic carbocycles. The Kier molecular flexibility index (Phi) is 15.9. The molecular weight excluding hydrogens is 513 g/mol. The van der Waals surface area contributed by atoms with E-state index in [4.69, 9.17) is 14.2 Å². The Balaban J connectivity index is 1.11. The molecule has 0 saturated carbocycles. The van der Waals surface area contributed by atoms with Crippen LogP contribution in [-0.2, 0) is 14.2 Å². The maximum Gasteiger partial charge on any atom is 0.0900 e. The smallest absolute Gasteiger partial charge is 0.0900 e. The van der Waals surface area contributed by atoms with Gasteiger partial charge in [-0.05, 0) is 0 Å². The van der Waals surface area contributed by atoms with E-state index in [0.29, 0.717) is 18.3 Å². The first kappa shape index (κ1) is 26.9. The van der Waals surface area contributed by atoms with Crippen molar-refractivity contribution in [2.45, 2.75) is 23.6 Å². The first-order valence-electron chi connectivity index (χ1n) is 10.8. The van der Waals surface area contributed by atoms with E-state index in [1.807, 2.05) is 0 Å². The summed E-state index contributed by atoms with van der Waals surface area (Å²) in [6.07, 6.45) is 1.71. The molecule has 3 heterocycles. The number of rotatable bonds is 23. The molecule has 0 N–H and O–H groups in total. The van der Waals surface area contributed by atoms with Crippen molar-refractivity contribution in [2.75, 3.05) is 94.6 Å². The van der Waals surface area contributed by atoms with Crippen LogP contribution in [0.15, 0.2) is 0 Å². The van der Waals surface area contributed by atoms with E-state index in [0.717, 1.165) is 25.1 Å². The molecule has 4 atom stereocenters. The van der Waals surface area contributed by atoms with E-state index >= 15 is 0 Å². The molecule has 0 amide bonds. The van der Waals surface area contributed by atoms with Gasteiger partial charge in [-0.3, -0.25) is 0 Å². The maximum absolute atomic E-state index is 5.37. The molecule has 3 fully saturated rings. The lowest BCUT2D eigenvalue weighted by atomic mass is 10.5. The predicted molar refractivity (Wildman–Crippen MR) is 149 cm³/mol. The van der Waals surface area contributed by atoms with Gasteiger partial charge in [-0.1, -0.05) is 0 Å². The molecule has 30 heavy (non-hydrogen) atoms. The van der Waals surface area contributed by atoms with Crippen LogP contribution in [0, 0.1) is 0 Å².